The van der Waals surface area contributed by atoms with Gasteiger partial charge in [0, 0.05) is 59.7 Å². The first-order valence-electron chi connectivity index (χ1n) is 16.6. The normalized spacial score (nSPS) is 13.2. The highest BCUT2D eigenvalue weighted by Gasteiger charge is 2.23. The second-order valence-electron chi connectivity index (χ2n) is 12.2. The van der Waals surface area contributed by atoms with Crippen molar-refractivity contribution in [3.8, 4) is 33.9 Å². The van der Waals surface area contributed by atoms with Crippen LogP contribution in [0.3, 0.4) is 0 Å². The minimum Gasteiger partial charge on any atom is -0.497 e. The first kappa shape index (κ1) is 35.9. The predicted octanol–water partition coefficient (Wildman–Crippen LogP) is 8.16. The van der Waals surface area contributed by atoms with Gasteiger partial charge in [-0.15, -0.1) is 0 Å². The first-order chi connectivity index (χ1) is 25.6. The minimum absolute atomic E-state index is 0.0613. The van der Waals surface area contributed by atoms with Crippen LogP contribution in [0.25, 0.3) is 33.2 Å². The number of pyridine rings is 2. The number of ether oxygens (including phenoxy) is 3. The highest BCUT2D eigenvalue weighted by molar-refractivity contribution is 7.92. The number of fused-ring (bicyclic) bond motifs is 1. The molecule has 2 aromatic heterocycles. The molecule has 1 aliphatic rings. The number of nitrogens with one attached hydrogen (secondary N) is 2. The Balaban J connectivity index is 1.27. The van der Waals surface area contributed by atoms with Gasteiger partial charge in [-0.05, 0) is 71.8 Å². The van der Waals surface area contributed by atoms with Crippen molar-refractivity contribution < 1.29 is 31.4 Å². The highest BCUT2D eigenvalue weighted by Crippen LogP contribution is 2.39. The van der Waals surface area contributed by atoms with Crippen LogP contribution in [0.1, 0.15) is 5.56 Å². The topological polar surface area (TPSA) is 115 Å². The lowest BCUT2D eigenvalue weighted by Gasteiger charge is -2.29. The maximum atomic E-state index is 14.5. The molecule has 0 bridgehead atoms. The minimum atomic E-state index is -4.49. The summed E-state index contributed by atoms with van der Waals surface area (Å²) in [7, 11) is -1.54. The summed E-state index contributed by atoms with van der Waals surface area (Å²) in [6.07, 6.45) is 1.49. The van der Waals surface area contributed by atoms with Crippen LogP contribution >= 0.6 is 11.6 Å². The number of anilines is 3. The highest BCUT2D eigenvalue weighted by atomic mass is 35.5. The van der Waals surface area contributed by atoms with Gasteiger partial charge in [-0.3, -0.25) is 4.72 Å². The lowest BCUT2D eigenvalue weighted by molar-refractivity contribution is 0.122. The Morgan fingerprint density at radius 2 is 1.60 bits per heavy atom. The summed E-state index contributed by atoms with van der Waals surface area (Å²) < 4.78 is 72.8. The van der Waals surface area contributed by atoms with E-state index in [-0.39, 0.29) is 11.6 Å². The number of halogens is 3. The number of rotatable bonds is 11. The summed E-state index contributed by atoms with van der Waals surface area (Å²) >= 11 is 6.86. The van der Waals surface area contributed by atoms with E-state index in [0.717, 1.165) is 58.7 Å². The largest absolute Gasteiger partial charge is 0.497 e. The van der Waals surface area contributed by atoms with E-state index < -0.39 is 26.6 Å². The summed E-state index contributed by atoms with van der Waals surface area (Å²) in [5.74, 6) is -0.783. The zero-order valence-corrected chi connectivity index (χ0v) is 30.3. The summed E-state index contributed by atoms with van der Waals surface area (Å²) in [4.78, 5) is 10.9. The Morgan fingerprint density at radius 1 is 0.868 bits per heavy atom. The summed E-state index contributed by atoms with van der Waals surface area (Å²) in [6.45, 7) is 3.52. The van der Waals surface area contributed by atoms with Crippen molar-refractivity contribution >= 4 is 49.7 Å². The lowest BCUT2D eigenvalue weighted by Crippen LogP contribution is -2.36. The summed E-state index contributed by atoms with van der Waals surface area (Å²) in [5.41, 5.74) is 5.49. The molecule has 0 spiro atoms. The Kier molecular flexibility index (Phi) is 10.3. The van der Waals surface area contributed by atoms with E-state index in [9.17, 15) is 17.2 Å². The van der Waals surface area contributed by atoms with Crippen molar-refractivity contribution in [2.45, 2.75) is 11.4 Å². The molecule has 3 heterocycles. The zero-order valence-electron chi connectivity index (χ0n) is 28.7. The Labute approximate surface area is 310 Å². The molecule has 10 nitrogen and oxygen atoms in total. The molecule has 14 heteroatoms. The number of hydrogen-bond donors (Lipinski definition) is 2. The zero-order chi connectivity index (χ0) is 37.1. The second kappa shape index (κ2) is 15.2. The van der Waals surface area contributed by atoms with Gasteiger partial charge in [-0.1, -0.05) is 35.9 Å². The van der Waals surface area contributed by atoms with Crippen LogP contribution in [0.5, 0.6) is 11.6 Å². The number of morpholine rings is 1. The molecule has 6 aromatic rings. The van der Waals surface area contributed by atoms with E-state index in [1.54, 1.807) is 13.2 Å². The SMILES string of the molecule is COc1ccc(CNc2nc3cc(Cl)c(-c4cnc(OC)c(NS(=O)(=O)c5ccc(F)cc5F)c4)cc3cc2-c2ccc(N3CCOCC3)cc2)cc1. The van der Waals surface area contributed by atoms with Crippen molar-refractivity contribution in [1.82, 2.24) is 9.97 Å². The van der Waals surface area contributed by atoms with Crippen molar-refractivity contribution in [3.63, 3.8) is 0 Å². The summed E-state index contributed by atoms with van der Waals surface area (Å²) in [6, 6.07) is 25.4. The molecule has 0 amide bonds. The van der Waals surface area contributed by atoms with Crippen LogP contribution in [0.2, 0.25) is 5.02 Å². The van der Waals surface area contributed by atoms with Crippen LogP contribution in [0.15, 0.2) is 102 Å². The first-order valence-corrected chi connectivity index (χ1v) is 18.4. The molecule has 1 fully saturated rings. The molecule has 0 aliphatic carbocycles. The van der Waals surface area contributed by atoms with Crippen LogP contribution in [0.4, 0.5) is 26.0 Å². The van der Waals surface area contributed by atoms with Gasteiger partial charge in [0.15, 0.2) is 0 Å². The molecule has 4 aromatic carbocycles. The van der Waals surface area contributed by atoms with Crippen molar-refractivity contribution in [2.24, 2.45) is 0 Å². The van der Waals surface area contributed by atoms with E-state index in [1.165, 1.54) is 19.4 Å². The average Bonchev–Trinajstić information content (AvgIpc) is 3.17. The fourth-order valence-corrected chi connectivity index (χ4v) is 7.48. The average molecular weight is 758 g/mol. The molecule has 2 N–H and O–H groups in total. The molecule has 0 unspecified atom stereocenters. The smallest absolute Gasteiger partial charge is 0.264 e. The molecule has 1 saturated heterocycles. The van der Waals surface area contributed by atoms with Gasteiger partial charge in [-0.25, -0.2) is 27.2 Å². The Hall–Kier alpha value is -5.50. The fraction of sp³-hybridized carbons (Fsp3) is 0.179. The molecule has 272 valence electrons. The maximum absolute atomic E-state index is 14.5. The molecule has 7 rings (SSSR count). The third-order valence-corrected chi connectivity index (χ3v) is 10.6. The monoisotopic (exact) mass is 757 g/mol. The van der Waals surface area contributed by atoms with Crippen LogP contribution < -0.4 is 24.4 Å². The molecular weight excluding hydrogens is 724 g/mol. The number of hydrogen-bond acceptors (Lipinski definition) is 9. The third kappa shape index (κ3) is 7.82. The molecule has 0 radical (unpaired) electrons. The van der Waals surface area contributed by atoms with Crippen molar-refractivity contribution in [1.29, 1.82) is 0 Å². The van der Waals surface area contributed by atoms with Crippen molar-refractivity contribution in [3.05, 3.63) is 119 Å². The number of benzene rings is 4. The second-order valence-corrected chi connectivity index (χ2v) is 14.3. The van der Waals surface area contributed by atoms with Gasteiger partial charge < -0.3 is 24.4 Å². The van der Waals surface area contributed by atoms with Crippen LogP contribution in [0, 0.1) is 11.6 Å². The molecule has 1 aliphatic heterocycles. The van der Waals surface area contributed by atoms with Crippen LogP contribution in [-0.4, -0.2) is 58.9 Å². The third-order valence-electron chi connectivity index (χ3n) is 8.86. The molecular formula is C39H34ClF2N5O5S. The van der Waals surface area contributed by atoms with E-state index in [1.807, 2.05) is 36.4 Å². The molecule has 0 saturated carbocycles. The summed E-state index contributed by atoms with van der Waals surface area (Å²) in [5, 5.41) is 4.60. The fourth-order valence-electron chi connectivity index (χ4n) is 6.10. The Morgan fingerprint density at radius 3 is 2.30 bits per heavy atom. The number of nitrogens with zero attached hydrogens (tertiary/aromatic N) is 3. The van der Waals surface area contributed by atoms with E-state index in [4.69, 9.17) is 30.8 Å². The molecule has 0 atom stereocenters. The number of methoxy groups -OCH3 is 2. The number of aromatic nitrogens is 2. The van der Waals surface area contributed by atoms with Gasteiger partial charge in [0.2, 0.25) is 5.88 Å². The predicted molar refractivity (Wildman–Crippen MR) is 202 cm³/mol. The van der Waals surface area contributed by atoms with Gasteiger partial charge in [0.1, 0.15) is 33.8 Å². The quantitative estimate of drug-likeness (QED) is 0.135. The molecule has 53 heavy (non-hydrogen) atoms. The van der Waals surface area contributed by atoms with E-state index in [2.05, 4.69) is 44.2 Å². The number of sulfonamides is 1. The van der Waals surface area contributed by atoms with E-state index >= 15 is 0 Å². The van der Waals surface area contributed by atoms with Crippen LogP contribution in [-0.2, 0) is 21.3 Å². The van der Waals surface area contributed by atoms with Gasteiger partial charge >= 0.3 is 0 Å². The maximum Gasteiger partial charge on any atom is 0.264 e. The van der Waals surface area contributed by atoms with E-state index in [0.29, 0.717) is 53.3 Å². The van der Waals surface area contributed by atoms with Gasteiger partial charge in [-0.2, -0.15) is 0 Å². The van der Waals surface area contributed by atoms with Crippen molar-refractivity contribution in [2.75, 3.05) is 55.5 Å². The Bertz CT molecular complexity index is 2390. The standard InChI is InChI=1S/C39H34ClF2N5O5S/c1-50-30-10-3-24(4-11-30)22-43-38-32(25-5-8-29(9-6-25)47-13-15-52-16-14-47)18-26-17-31(33(40)21-35(26)45-38)27-19-36(39(51-2)44-23-27)46-53(48,49)37-12-7-28(41)20-34(37)42/h3-12,17-21,23,46H,13-16,22H2,1-2H3,(H,43,45). The van der Waals surface area contributed by atoms with Gasteiger partial charge in [0.05, 0.1) is 38.0 Å². The van der Waals surface area contributed by atoms with Gasteiger partial charge in [0.25, 0.3) is 10.0 Å². The lowest BCUT2D eigenvalue weighted by atomic mass is 10.00.